The van der Waals surface area contributed by atoms with Crippen molar-refractivity contribution in [1.29, 1.82) is 0 Å². The van der Waals surface area contributed by atoms with Crippen LogP contribution in [0.1, 0.15) is 25.7 Å². The zero-order valence-electron chi connectivity index (χ0n) is 11.2. The Kier molecular flexibility index (Phi) is 5.36. The lowest BCUT2D eigenvalue weighted by atomic mass is 9.78. The van der Waals surface area contributed by atoms with Crippen LogP contribution in [0.15, 0.2) is 0 Å². The minimum atomic E-state index is -0.524. The number of likely N-dealkylation sites (N-methyl/N-ethyl adjacent to an activating group) is 2. The summed E-state index contributed by atoms with van der Waals surface area (Å²) in [6.07, 6.45) is 3.79. The van der Waals surface area contributed by atoms with Crippen LogP contribution in [-0.2, 0) is 9.53 Å². The van der Waals surface area contributed by atoms with Crippen LogP contribution in [0.25, 0.3) is 0 Å². The summed E-state index contributed by atoms with van der Waals surface area (Å²) in [6.45, 7) is 1.61. The van der Waals surface area contributed by atoms with Crippen LogP contribution in [0.4, 0.5) is 0 Å². The van der Waals surface area contributed by atoms with Gasteiger partial charge in [-0.05, 0) is 39.8 Å². The van der Waals surface area contributed by atoms with E-state index in [2.05, 4.69) is 17.3 Å². The highest BCUT2D eigenvalue weighted by molar-refractivity contribution is 5.84. The van der Waals surface area contributed by atoms with E-state index < -0.39 is 5.54 Å². The maximum absolute atomic E-state index is 11.6. The van der Waals surface area contributed by atoms with E-state index in [0.717, 1.165) is 38.8 Å². The molecule has 1 amide bonds. The third kappa shape index (κ3) is 3.40. The summed E-state index contributed by atoms with van der Waals surface area (Å²) in [7, 11) is 5.61. The lowest BCUT2D eigenvalue weighted by molar-refractivity contribution is -0.126. The Hall–Kier alpha value is -0.650. The first kappa shape index (κ1) is 14.4. The van der Waals surface area contributed by atoms with Crippen molar-refractivity contribution >= 4 is 5.91 Å². The number of rotatable bonds is 6. The van der Waals surface area contributed by atoms with Gasteiger partial charge in [-0.3, -0.25) is 4.79 Å². The summed E-state index contributed by atoms with van der Waals surface area (Å²) in [6, 6.07) is 0.402. The maximum atomic E-state index is 11.6. The van der Waals surface area contributed by atoms with Gasteiger partial charge in [-0.15, -0.1) is 0 Å². The molecular weight excluding hydrogens is 218 g/mol. The predicted octanol–water partition coefficient (Wildman–Crippen LogP) is -0.0493. The van der Waals surface area contributed by atoms with E-state index in [1.54, 1.807) is 7.11 Å². The smallest absolute Gasteiger partial charge is 0.237 e. The molecule has 1 aliphatic rings. The standard InChI is InChI=1S/C12H25N3O2/c1-14-12(11(13)16)6-4-5-10(9-12)15(2)7-8-17-3/h10,14H,4-9H2,1-3H3,(H2,13,16). The van der Waals surface area contributed by atoms with Gasteiger partial charge in [0, 0.05) is 19.7 Å². The predicted molar refractivity (Wildman–Crippen MR) is 67.7 cm³/mol. The van der Waals surface area contributed by atoms with Gasteiger partial charge < -0.3 is 20.7 Å². The maximum Gasteiger partial charge on any atom is 0.237 e. The van der Waals surface area contributed by atoms with Crippen LogP contribution >= 0.6 is 0 Å². The van der Waals surface area contributed by atoms with Gasteiger partial charge in [0.1, 0.15) is 0 Å². The molecule has 2 atom stereocenters. The fourth-order valence-electron chi connectivity index (χ4n) is 2.61. The topological polar surface area (TPSA) is 67.6 Å². The minimum absolute atomic E-state index is 0.232. The zero-order valence-corrected chi connectivity index (χ0v) is 11.2. The Morgan fingerprint density at radius 3 is 2.88 bits per heavy atom. The van der Waals surface area contributed by atoms with Crippen LogP contribution in [-0.4, -0.2) is 56.7 Å². The highest BCUT2D eigenvalue weighted by atomic mass is 16.5. The number of hydrogen-bond donors (Lipinski definition) is 2. The average molecular weight is 243 g/mol. The van der Waals surface area contributed by atoms with Crippen LogP contribution in [0.3, 0.4) is 0 Å². The van der Waals surface area contributed by atoms with Gasteiger partial charge in [-0.25, -0.2) is 0 Å². The van der Waals surface area contributed by atoms with Gasteiger partial charge >= 0.3 is 0 Å². The lowest BCUT2D eigenvalue weighted by Gasteiger charge is -2.41. The molecule has 1 rings (SSSR count). The van der Waals surface area contributed by atoms with Crippen molar-refractivity contribution in [2.24, 2.45) is 5.73 Å². The Bertz CT molecular complexity index is 260. The van der Waals surface area contributed by atoms with E-state index in [1.807, 2.05) is 7.05 Å². The molecule has 0 heterocycles. The molecule has 0 aromatic rings. The van der Waals surface area contributed by atoms with Crippen molar-refractivity contribution in [3.8, 4) is 0 Å². The van der Waals surface area contributed by atoms with Crippen molar-refractivity contribution < 1.29 is 9.53 Å². The molecule has 17 heavy (non-hydrogen) atoms. The van der Waals surface area contributed by atoms with Crippen molar-refractivity contribution in [3.63, 3.8) is 0 Å². The quantitative estimate of drug-likeness (QED) is 0.686. The van der Waals surface area contributed by atoms with Crippen LogP contribution < -0.4 is 11.1 Å². The highest BCUT2D eigenvalue weighted by Gasteiger charge is 2.40. The molecular formula is C12H25N3O2. The van der Waals surface area contributed by atoms with E-state index in [1.165, 1.54) is 0 Å². The van der Waals surface area contributed by atoms with Crippen molar-refractivity contribution in [2.45, 2.75) is 37.3 Å². The molecule has 1 saturated carbocycles. The number of nitrogens with one attached hydrogen (secondary N) is 1. The number of ether oxygens (including phenoxy) is 1. The van der Waals surface area contributed by atoms with E-state index in [9.17, 15) is 4.79 Å². The number of primary amides is 1. The summed E-state index contributed by atoms with van der Waals surface area (Å²) in [5, 5.41) is 3.13. The number of nitrogens with two attached hydrogens (primary N) is 1. The van der Waals surface area contributed by atoms with E-state index >= 15 is 0 Å². The first-order chi connectivity index (χ1) is 8.05. The summed E-state index contributed by atoms with van der Waals surface area (Å²) in [5.41, 5.74) is 5.01. The van der Waals surface area contributed by atoms with E-state index in [0.29, 0.717) is 6.04 Å². The van der Waals surface area contributed by atoms with Gasteiger partial charge in [-0.2, -0.15) is 0 Å². The molecule has 2 unspecified atom stereocenters. The molecule has 0 spiro atoms. The monoisotopic (exact) mass is 243 g/mol. The van der Waals surface area contributed by atoms with E-state index in [-0.39, 0.29) is 5.91 Å². The molecule has 0 aliphatic heterocycles. The molecule has 1 aliphatic carbocycles. The van der Waals surface area contributed by atoms with Gasteiger partial charge in [0.05, 0.1) is 12.1 Å². The SMILES string of the molecule is CNC1(C(N)=O)CCCC(N(C)CCOC)C1. The third-order valence-corrected chi connectivity index (χ3v) is 3.95. The van der Waals surface area contributed by atoms with Crippen LogP contribution in [0, 0.1) is 0 Å². The molecule has 0 aromatic heterocycles. The zero-order chi connectivity index (χ0) is 12.9. The largest absolute Gasteiger partial charge is 0.383 e. The number of carbonyl (C=O) groups excluding carboxylic acids is 1. The number of methoxy groups -OCH3 is 1. The Labute approximate surface area is 104 Å². The molecule has 0 saturated heterocycles. The molecule has 5 nitrogen and oxygen atoms in total. The Morgan fingerprint density at radius 2 is 2.35 bits per heavy atom. The second kappa shape index (κ2) is 6.33. The first-order valence-corrected chi connectivity index (χ1v) is 6.23. The first-order valence-electron chi connectivity index (χ1n) is 6.23. The average Bonchev–Trinajstić information content (AvgIpc) is 2.35. The minimum Gasteiger partial charge on any atom is -0.383 e. The number of amides is 1. The molecule has 3 N–H and O–H groups in total. The second-order valence-electron chi connectivity index (χ2n) is 4.92. The molecule has 0 bridgehead atoms. The molecule has 5 heteroatoms. The number of hydrogen-bond acceptors (Lipinski definition) is 4. The van der Waals surface area contributed by atoms with Crippen LogP contribution in [0.2, 0.25) is 0 Å². The fourth-order valence-corrected chi connectivity index (χ4v) is 2.61. The summed E-state index contributed by atoms with van der Waals surface area (Å²) >= 11 is 0. The van der Waals surface area contributed by atoms with Gasteiger partial charge in [0.2, 0.25) is 5.91 Å². The lowest BCUT2D eigenvalue weighted by Crippen LogP contribution is -2.59. The molecule has 100 valence electrons. The summed E-state index contributed by atoms with van der Waals surface area (Å²) in [4.78, 5) is 13.9. The molecule has 1 fully saturated rings. The van der Waals surface area contributed by atoms with Crippen molar-refractivity contribution in [1.82, 2.24) is 10.2 Å². The second-order valence-corrected chi connectivity index (χ2v) is 4.92. The van der Waals surface area contributed by atoms with Crippen LogP contribution in [0.5, 0.6) is 0 Å². The number of carbonyl (C=O) groups is 1. The van der Waals surface area contributed by atoms with Crippen molar-refractivity contribution in [3.05, 3.63) is 0 Å². The fraction of sp³-hybridized carbons (Fsp3) is 0.917. The van der Waals surface area contributed by atoms with Gasteiger partial charge in [0.25, 0.3) is 0 Å². The Morgan fingerprint density at radius 1 is 1.65 bits per heavy atom. The highest BCUT2D eigenvalue weighted by Crippen LogP contribution is 2.30. The molecule has 0 radical (unpaired) electrons. The van der Waals surface area contributed by atoms with Gasteiger partial charge in [-0.1, -0.05) is 0 Å². The Balaban J connectivity index is 2.61. The van der Waals surface area contributed by atoms with Crippen molar-refractivity contribution in [2.75, 3.05) is 34.4 Å². The third-order valence-electron chi connectivity index (χ3n) is 3.95. The van der Waals surface area contributed by atoms with Gasteiger partial charge in [0.15, 0.2) is 0 Å². The summed E-state index contributed by atoms with van der Waals surface area (Å²) in [5.74, 6) is -0.232. The normalized spacial score (nSPS) is 29.5. The molecule has 0 aromatic carbocycles. The summed E-state index contributed by atoms with van der Waals surface area (Å²) < 4.78 is 5.08. The van der Waals surface area contributed by atoms with E-state index in [4.69, 9.17) is 10.5 Å². The number of nitrogens with zero attached hydrogens (tertiary/aromatic N) is 1.